The highest BCUT2D eigenvalue weighted by molar-refractivity contribution is 5.30. The van der Waals surface area contributed by atoms with Crippen LogP contribution >= 0.6 is 0 Å². The molecule has 1 unspecified atom stereocenters. The second kappa shape index (κ2) is 6.38. The van der Waals surface area contributed by atoms with Crippen LogP contribution in [0.1, 0.15) is 24.1 Å². The van der Waals surface area contributed by atoms with Crippen molar-refractivity contribution >= 4 is 5.95 Å². The number of nitrogens with zero attached hydrogens (tertiary/aromatic N) is 2. The van der Waals surface area contributed by atoms with Crippen LogP contribution < -0.4 is 5.32 Å². The highest BCUT2D eigenvalue weighted by atomic mass is 16.5. The van der Waals surface area contributed by atoms with Crippen molar-refractivity contribution in [2.45, 2.75) is 26.4 Å². The molecule has 0 saturated heterocycles. The van der Waals surface area contributed by atoms with Gasteiger partial charge in [-0.2, -0.15) is 0 Å². The zero-order valence-electron chi connectivity index (χ0n) is 11.8. The fourth-order valence-electron chi connectivity index (χ4n) is 2.01. The number of methoxy groups -OCH3 is 1. The van der Waals surface area contributed by atoms with E-state index in [0.717, 1.165) is 12.5 Å². The molecular weight excluding hydrogens is 238 g/mol. The molecule has 0 fully saturated rings. The molecule has 4 nitrogen and oxygen atoms in total. The number of aryl methyl sites for hydroxylation is 1. The lowest BCUT2D eigenvalue weighted by Gasteiger charge is -2.16. The Bertz CT molecular complexity index is 504. The summed E-state index contributed by atoms with van der Waals surface area (Å²) in [6.45, 7) is 5.66. The third-order valence-electron chi connectivity index (χ3n) is 3.12. The molecular formula is C15H21N3O. The molecule has 1 N–H and O–H groups in total. The van der Waals surface area contributed by atoms with Crippen LogP contribution in [0.15, 0.2) is 36.7 Å². The molecule has 2 aromatic rings. The average molecular weight is 259 g/mol. The number of anilines is 1. The third-order valence-corrected chi connectivity index (χ3v) is 3.12. The van der Waals surface area contributed by atoms with Crippen molar-refractivity contribution < 1.29 is 4.74 Å². The van der Waals surface area contributed by atoms with Gasteiger partial charge in [0, 0.05) is 26.0 Å². The van der Waals surface area contributed by atoms with Crippen LogP contribution in [0.2, 0.25) is 0 Å². The lowest BCUT2D eigenvalue weighted by molar-refractivity contribution is 0.163. The quantitative estimate of drug-likeness (QED) is 0.866. The van der Waals surface area contributed by atoms with Gasteiger partial charge in [-0.1, -0.05) is 29.8 Å². The van der Waals surface area contributed by atoms with E-state index in [2.05, 4.69) is 53.0 Å². The van der Waals surface area contributed by atoms with Crippen LogP contribution in [-0.4, -0.2) is 23.3 Å². The summed E-state index contributed by atoms with van der Waals surface area (Å²) in [5.41, 5.74) is 2.53. The molecule has 0 bridgehead atoms. The van der Waals surface area contributed by atoms with E-state index in [4.69, 9.17) is 4.74 Å². The van der Waals surface area contributed by atoms with Gasteiger partial charge in [-0.05, 0) is 19.4 Å². The number of hydrogen-bond acceptors (Lipinski definition) is 3. The van der Waals surface area contributed by atoms with E-state index >= 15 is 0 Å². The van der Waals surface area contributed by atoms with E-state index in [0.29, 0.717) is 6.61 Å². The molecule has 1 atom stereocenters. The van der Waals surface area contributed by atoms with Crippen LogP contribution in [0.25, 0.3) is 0 Å². The Kier molecular flexibility index (Phi) is 4.58. The second-order valence-electron chi connectivity index (χ2n) is 4.80. The van der Waals surface area contributed by atoms with E-state index in [1.807, 2.05) is 12.4 Å². The minimum absolute atomic E-state index is 0.271. The van der Waals surface area contributed by atoms with E-state index in [-0.39, 0.29) is 6.04 Å². The number of imidazole rings is 1. The van der Waals surface area contributed by atoms with Crippen LogP contribution in [0.3, 0.4) is 0 Å². The van der Waals surface area contributed by atoms with Crippen LogP contribution in [0, 0.1) is 6.92 Å². The molecule has 0 aliphatic carbocycles. The maximum atomic E-state index is 5.18. The van der Waals surface area contributed by atoms with Gasteiger partial charge in [0.2, 0.25) is 5.95 Å². The van der Waals surface area contributed by atoms with Crippen molar-refractivity contribution in [3.8, 4) is 0 Å². The van der Waals surface area contributed by atoms with E-state index < -0.39 is 0 Å². The summed E-state index contributed by atoms with van der Waals surface area (Å²) >= 11 is 0. The SMILES string of the molecule is COCC(C)n1ccnc1NCc1ccc(C)cc1. The Balaban J connectivity index is 2.00. The molecule has 2 rings (SSSR count). The summed E-state index contributed by atoms with van der Waals surface area (Å²) in [5, 5.41) is 3.36. The Morgan fingerprint density at radius 1 is 1.32 bits per heavy atom. The monoisotopic (exact) mass is 259 g/mol. The van der Waals surface area contributed by atoms with Crippen molar-refractivity contribution in [3.05, 3.63) is 47.8 Å². The predicted octanol–water partition coefficient (Wildman–Crippen LogP) is 3.01. The van der Waals surface area contributed by atoms with Gasteiger partial charge in [0.05, 0.1) is 12.6 Å². The van der Waals surface area contributed by atoms with Gasteiger partial charge >= 0.3 is 0 Å². The van der Waals surface area contributed by atoms with Gasteiger partial charge in [-0.15, -0.1) is 0 Å². The number of ether oxygens (including phenoxy) is 1. The van der Waals surface area contributed by atoms with Gasteiger partial charge in [0.25, 0.3) is 0 Å². The summed E-state index contributed by atoms with van der Waals surface area (Å²) in [4.78, 5) is 4.35. The molecule has 19 heavy (non-hydrogen) atoms. The number of hydrogen-bond donors (Lipinski definition) is 1. The first-order chi connectivity index (χ1) is 9.20. The smallest absolute Gasteiger partial charge is 0.203 e. The highest BCUT2D eigenvalue weighted by Crippen LogP contribution is 2.14. The molecule has 0 radical (unpaired) electrons. The fraction of sp³-hybridized carbons (Fsp3) is 0.400. The molecule has 0 aliphatic heterocycles. The highest BCUT2D eigenvalue weighted by Gasteiger charge is 2.09. The summed E-state index contributed by atoms with van der Waals surface area (Å²) in [7, 11) is 1.72. The number of benzene rings is 1. The molecule has 102 valence electrons. The first-order valence-electron chi connectivity index (χ1n) is 6.52. The first-order valence-corrected chi connectivity index (χ1v) is 6.52. The van der Waals surface area contributed by atoms with Crippen molar-refractivity contribution in [1.29, 1.82) is 0 Å². The second-order valence-corrected chi connectivity index (χ2v) is 4.80. The average Bonchev–Trinajstić information content (AvgIpc) is 2.87. The minimum atomic E-state index is 0.271. The molecule has 0 aliphatic rings. The maximum absolute atomic E-state index is 5.18. The summed E-state index contributed by atoms with van der Waals surface area (Å²) in [6, 6.07) is 8.78. The normalized spacial score (nSPS) is 12.4. The van der Waals surface area contributed by atoms with Crippen molar-refractivity contribution in [2.24, 2.45) is 0 Å². The summed E-state index contributed by atoms with van der Waals surface area (Å²) < 4.78 is 7.28. The standard InChI is InChI=1S/C15H21N3O/c1-12-4-6-14(7-5-12)10-17-15-16-8-9-18(15)13(2)11-19-3/h4-9,13H,10-11H2,1-3H3,(H,16,17). The van der Waals surface area contributed by atoms with E-state index in [9.17, 15) is 0 Å². The Morgan fingerprint density at radius 3 is 2.74 bits per heavy atom. The lowest BCUT2D eigenvalue weighted by Crippen LogP contribution is -2.14. The van der Waals surface area contributed by atoms with Gasteiger partial charge in [-0.3, -0.25) is 0 Å². The van der Waals surface area contributed by atoms with E-state index in [1.54, 1.807) is 7.11 Å². The molecule has 0 amide bonds. The van der Waals surface area contributed by atoms with Gasteiger partial charge in [0.1, 0.15) is 0 Å². The zero-order chi connectivity index (χ0) is 13.7. The van der Waals surface area contributed by atoms with Crippen molar-refractivity contribution in [2.75, 3.05) is 19.0 Å². The van der Waals surface area contributed by atoms with Crippen molar-refractivity contribution in [3.63, 3.8) is 0 Å². The first kappa shape index (κ1) is 13.6. The van der Waals surface area contributed by atoms with Gasteiger partial charge < -0.3 is 14.6 Å². The molecule has 0 spiro atoms. The van der Waals surface area contributed by atoms with Gasteiger partial charge in [0.15, 0.2) is 0 Å². The minimum Gasteiger partial charge on any atom is -0.383 e. The molecule has 1 heterocycles. The van der Waals surface area contributed by atoms with E-state index in [1.165, 1.54) is 11.1 Å². The zero-order valence-corrected chi connectivity index (χ0v) is 11.8. The number of nitrogens with one attached hydrogen (secondary N) is 1. The number of aromatic nitrogens is 2. The Hall–Kier alpha value is -1.81. The van der Waals surface area contributed by atoms with Crippen LogP contribution in [0.4, 0.5) is 5.95 Å². The topological polar surface area (TPSA) is 39.1 Å². The fourth-order valence-corrected chi connectivity index (χ4v) is 2.01. The number of rotatable bonds is 6. The van der Waals surface area contributed by atoms with Gasteiger partial charge in [-0.25, -0.2) is 4.98 Å². The van der Waals surface area contributed by atoms with Crippen LogP contribution in [-0.2, 0) is 11.3 Å². The molecule has 0 saturated carbocycles. The molecule has 1 aromatic heterocycles. The maximum Gasteiger partial charge on any atom is 0.203 e. The molecule has 1 aromatic carbocycles. The lowest BCUT2D eigenvalue weighted by atomic mass is 10.1. The third kappa shape index (κ3) is 3.58. The summed E-state index contributed by atoms with van der Waals surface area (Å²) in [6.07, 6.45) is 3.78. The van der Waals surface area contributed by atoms with Crippen molar-refractivity contribution in [1.82, 2.24) is 9.55 Å². The Labute approximate surface area is 114 Å². The van der Waals surface area contributed by atoms with Crippen LogP contribution in [0.5, 0.6) is 0 Å². The Morgan fingerprint density at radius 2 is 2.05 bits per heavy atom. The molecule has 4 heteroatoms. The summed E-state index contributed by atoms with van der Waals surface area (Å²) in [5.74, 6) is 0.880. The largest absolute Gasteiger partial charge is 0.383 e. The predicted molar refractivity (Wildman–Crippen MR) is 77.3 cm³/mol.